The van der Waals surface area contributed by atoms with Gasteiger partial charge >= 0.3 is 5.97 Å². The number of fused-ring (bicyclic) bond motifs is 1. The minimum absolute atomic E-state index is 0.0255. The van der Waals surface area contributed by atoms with Crippen LogP contribution in [-0.4, -0.2) is 102 Å². The van der Waals surface area contributed by atoms with Crippen molar-refractivity contribution in [3.8, 4) is 17.2 Å². The lowest BCUT2D eigenvalue weighted by atomic mass is 9.88. The number of phenolic OH excluding ortho intramolecular Hbond substituents is 2. The number of carboxylic acid groups (broad SMARTS) is 1. The van der Waals surface area contributed by atoms with Crippen LogP contribution < -0.4 is 9.64 Å². The minimum Gasteiger partial charge on any atom is -0.508 e. The van der Waals surface area contributed by atoms with E-state index in [0.717, 1.165) is 11.0 Å². The molecule has 4 rings (SSSR count). The van der Waals surface area contributed by atoms with E-state index in [2.05, 4.69) is 0 Å². The number of carbonyl (C=O) groups is 2. The lowest BCUT2D eigenvalue weighted by Crippen LogP contribution is -2.60. The first-order chi connectivity index (χ1) is 19.0. The first-order valence-electron chi connectivity index (χ1n) is 12.5. The number of amides is 1. The number of nitrogens with zero attached hydrogens (tertiary/aromatic N) is 1. The predicted molar refractivity (Wildman–Crippen MR) is 138 cm³/mol. The lowest BCUT2D eigenvalue weighted by Gasteiger charge is -2.39. The number of ether oxygens (including phenoxy) is 2. The summed E-state index contributed by atoms with van der Waals surface area (Å²) in [7, 11) is 0. The van der Waals surface area contributed by atoms with E-state index in [1.807, 2.05) is 0 Å². The van der Waals surface area contributed by atoms with Gasteiger partial charge in [-0.1, -0.05) is 12.1 Å². The molecule has 0 spiro atoms. The van der Waals surface area contributed by atoms with Gasteiger partial charge in [-0.2, -0.15) is 0 Å². The number of hydrogen-bond acceptors (Lipinski definition) is 11. The second kappa shape index (κ2) is 11.8. The molecule has 0 unspecified atom stereocenters. The molecule has 6 atom stereocenters. The Balaban J connectivity index is 1.72. The van der Waals surface area contributed by atoms with Crippen LogP contribution >= 0.6 is 0 Å². The summed E-state index contributed by atoms with van der Waals surface area (Å²) in [4.78, 5) is 27.2. The van der Waals surface area contributed by atoms with Gasteiger partial charge in [-0.05, 0) is 48.2 Å². The number of carboxylic acids is 1. The maximum atomic E-state index is 13.5. The average molecular weight is 562 g/mol. The highest BCUT2D eigenvalue weighted by molar-refractivity contribution is 6.11. The Kier molecular flexibility index (Phi) is 8.63. The van der Waals surface area contributed by atoms with Crippen LogP contribution in [0.5, 0.6) is 17.2 Å². The highest BCUT2D eigenvalue weighted by atomic mass is 16.7. The third-order valence-corrected chi connectivity index (χ3v) is 7.08. The number of aromatic hydroxyl groups is 2. The summed E-state index contributed by atoms with van der Waals surface area (Å²) in [5.41, 5.74) is -0.877. The summed E-state index contributed by atoms with van der Waals surface area (Å²) in [6.07, 6.45) is -5.73. The number of aliphatic hydroxyl groups excluding tert-OH is 5. The molecule has 0 bridgehead atoms. The van der Waals surface area contributed by atoms with Crippen molar-refractivity contribution in [1.82, 2.24) is 0 Å². The third kappa shape index (κ3) is 5.47. The van der Waals surface area contributed by atoms with E-state index >= 15 is 0 Å². The Morgan fingerprint density at radius 1 is 1.05 bits per heavy atom. The summed E-state index contributed by atoms with van der Waals surface area (Å²) < 4.78 is 10.9. The molecule has 13 nitrogen and oxygen atoms in total. The third-order valence-electron chi connectivity index (χ3n) is 7.08. The zero-order chi connectivity index (χ0) is 29.2. The van der Waals surface area contributed by atoms with Crippen LogP contribution in [0.25, 0.3) is 6.08 Å². The first kappa shape index (κ1) is 29.3. The van der Waals surface area contributed by atoms with Crippen LogP contribution in [0.15, 0.2) is 42.5 Å². The first-order valence-corrected chi connectivity index (χ1v) is 12.5. The summed E-state index contributed by atoms with van der Waals surface area (Å²) in [5.74, 6) is -2.84. The zero-order valence-corrected chi connectivity index (χ0v) is 21.2. The van der Waals surface area contributed by atoms with Crippen molar-refractivity contribution >= 4 is 23.6 Å². The monoisotopic (exact) mass is 561 g/mol. The van der Waals surface area contributed by atoms with Gasteiger partial charge in [-0.25, -0.2) is 4.79 Å². The molecule has 40 heavy (non-hydrogen) atoms. The van der Waals surface area contributed by atoms with Gasteiger partial charge in [0.15, 0.2) is 11.5 Å². The molecule has 1 saturated heterocycles. The molecule has 1 fully saturated rings. The Labute approximate surface area is 228 Å². The zero-order valence-electron chi connectivity index (χ0n) is 21.2. The Hall–Kier alpha value is -3.72. The van der Waals surface area contributed by atoms with Crippen LogP contribution in [0, 0.1) is 0 Å². The smallest absolute Gasteiger partial charge is 0.330 e. The van der Waals surface area contributed by atoms with Crippen molar-refractivity contribution < 1.29 is 59.9 Å². The Bertz CT molecular complexity index is 1260. The van der Waals surface area contributed by atoms with Crippen molar-refractivity contribution in [3.63, 3.8) is 0 Å². The molecule has 8 N–H and O–H groups in total. The van der Waals surface area contributed by atoms with Gasteiger partial charge in [0, 0.05) is 25.2 Å². The standard InChI is InChI=1S/C27H31NO12/c29-9-1-8-27(26(37)38)12-15-10-18(32)19(39-25-24(36)23(35)22(34)20(13-30)40-25)11-17(15)28(27)21(33)7-4-14-2-5-16(31)6-3-14/h2-7,10-11,20,22-25,29-32,34-36H,1,8-9,12-13H2,(H,37,38)/t20-,22-,23+,24-,25+,27-/m1/s1. The van der Waals surface area contributed by atoms with E-state index in [0.29, 0.717) is 11.1 Å². The van der Waals surface area contributed by atoms with Crippen molar-refractivity contribution in [2.75, 3.05) is 18.1 Å². The van der Waals surface area contributed by atoms with Crippen LogP contribution in [-0.2, 0) is 20.7 Å². The highest BCUT2D eigenvalue weighted by Gasteiger charge is 2.52. The average Bonchev–Trinajstić information content (AvgIpc) is 3.25. The van der Waals surface area contributed by atoms with Crippen LogP contribution in [0.3, 0.4) is 0 Å². The maximum absolute atomic E-state index is 13.5. The molecular weight excluding hydrogens is 530 g/mol. The SMILES string of the molecule is O=C(C=Cc1ccc(O)cc1)N1c2cc(O[C@H]3O[C@H](CO)[C@@H](O)[C@H](O)[C@H]3O)c(O)cc2C[C@]1(CCCO)C(=O)O. The second-order valence-electron chi connectivity index (χ2n) is 9.70. The molecule has 0 aliphatic carbocycles. The fraction of sp³-hybridized carbons (Fsp3) is 0.407. The molecule has 13 heteroatoms. The van der Waals surface area contributed by atoms with Crippen LogP contribution in [0.2, 0.25) is 0 Å². The maximum Gasteiger partial charge on any atom is 0.330 e. The summed E-state index contributed by atoms with van der Waals surface area (Å²) in [6.45, 7) is -1.03. The number of anilines is 1. The van der Waals surface area contributed by atoms with Gasteiger partial charge in [-0.15, -0.1) is 0 Å². The van der Waals surface area contributed by atoms with Crippen molar-refractivity contribution in [3.05, 3.63) is 53.6 Å². The molecule has 2 aromatic rings. The second-order valence-corrected chi connectivity index (χ2v) is 9.70. The van der Waals surface area contributed by atoms with Gasteiger partial charge in [-0.3, -0.25) is 9.69 Å². The van der Waals surface area contributed by atoms with Crippen LogP contribution in [0.4, 0.5) is 5.69 Å². The van der Waals surface area contributed by atoms with E-state index < -0.39 is 60.5 Å². The van der Waals surface area contributed by atoms with Gasteiger partial charge in [0.2, 0.25) is 6.29 Å². The molecule has 216 valence electrons. The predicted octanol–water partition coefficient (Wildman–Crippen LogP) is -0.525. The molecule has 2 aliphatic rings. The number of aliphatic hydroxyl groups is 5. The number of hydrogen-bond donors (Lipinski definition) is 8. The van der Waals surface area contributed by atoms with Crippen molar-refractivity contribution in [1.29, 1.82) is 0 Å². The Morgan fingerprint density at radius 3 is 2.38 bits per heavy atom. The number of benzene rings is 2. The number of rotatable bonds is 9. The van der Waals surface area contributed by atoms with Gasteiger partial charge in [0.1, 0.15) is 35.7 Å². The number of carbonyl (C=O) groups excluding carboxylic acids is 1. The van der Waals surface area contributed by atoms with Gasteiger partial charge < -0.3 is 50.3 Å². The number of aliphatic carboxylic acids is 1. The summed E-state index contributed by atoms with van der Waals surface area (Å²) in [6, 6.07) is 8.35. The van der Waals surface area contributed by atoms with E-state index in [1.165, 1.54) is 30.3 Å². The fourth-order valence-corrected chi connectivity index (χ4v) is 4.97. The van der Waals surface area contributed by atoms with Crippen molar-refractivity contribution in [2.24, 2.45) is 0 Å². The normalized spacial score (nSPS) is 28.0. The van der Waals surface area contributed by atoms with Crippen molar-refractivity contribution in [2.45, 2.75) is 55.5 Å². The topological polar surface area (TPSA) is 218 Å². The summed E-state index contributed by atoms with van der Waals surface area (Å²) in [5, 5.41) is 79.7. The molecule has 2 aliphatic heterocycles. The number of phenols is 2. The quantitative estimate of drug-likeness (QED) is 0.181. The van der Waals surface area contributed by atoms with E-state index in [1.54, 1.807) is 12.1 Å². The molecule has 0 radical (unpaired) electrons. The van der Waals surface area contributed by atoms with Gasteiger partial charge in [0.05, 0.1) is 12.3 Å². The van der Waals surface area contributed by atoms with E-state index in [-0.39, 0.29) is 43.1 Å². The molecule has 0 saturated carbocycles. The largest absolute Gasteiger partial charge is 0.508 e. The molecule has 2 heterocycles. The van der Waals surface area contributed by atoms with E-state index in [4.69, 9.17) is 9.47 Å². The van der Waals surface area contributed by atoms with E-state index in [9.17, 15) is 50.4 Å². The molecule has 2 aromatic carbocycles. The fourth-order valence-electron chi connectivity index (χ4n) is 4.97. The van der Waals surface area contributed by atoms with Gasteiger partial charge in [0.25, 0.3) is 5.91 Å². The minimum atomic E-state index is -1.81. The molecular formula is C27H31NO12. The molecule has 1 amide bonds. The van der Waals surface area contributed by atoms with Crippen LogP contribution in [0.1, 0.15) is 24.0 Å². The Morgan fingerprint density at radius 2 is 1.75 bits per heavy atom. The molecule has 0 aromatic heterocycles. The lowest BCUT2D eigenvalue weighted by molar-refractivity contribution is -0.277. The highest BCUT2D eigenvalue weighted by Crippen LogP contribution is 2.47. The summed E-state index contributed by atoms with van der Waals surface area (Å²) >= 11 is 0.